The minimum atomic E-state index is 0.0381. The smallest absolute Gasteiger partial charge is 0.167 e. The molecule has 0 saturated heterocycles. The molecule has 0 aliphatic rings. The second-order valence-electron chi connectivity index (χ2n) is 4.54. The minimum Gasteiger partial charge on any atom is -0.496 e. The van der Waals surface area contributed by atoms with Gasteiger partial charge in [0.1, 0.15) is 5.75 Å². The Kier molecular flexibility index (Phi) is 3.85. The molecule has 2 rings (SSSR count). The van der Waals surface area contributed by atoms with Crippen LogP contribution in [-0.2, 0) is 6.42 Å². The van der Waals surface area contributed by atoms with Gasteiger partial charge in [0.15, 0.2) is 5.78 Å². The summed E-state index contributed by atoms with van der Waals surface area (Å²) in [5, 5.41) is 0. The maximum Gasteiger partial charge on any atom is 0.167 e. The number of carbonyl (C=O) groups is 1. The molecule has 3 nitrogen and oxygen atoms in total. The molecule has 0 fully saturated rings. The molecule has 2 aromatic rings. The molecule has 0 aromatic heterocycles. The Morgan fingerprint density at radius 1 is 1.21 bits per heavy atom. The number of ether oxygens (including phenoxy) is 1. The molecule has 0 aliphatic carbocycles. The standard InChI is InChI=1S/C16H17NO2/c1-11-6-7-16(19-2)13(8-11)10-15(18)12-4-3-5-14(17)9-12/h3-9H,10,17H2,1-2H3. The summed E-state index contributed by atoms with van der Waals surface area (Å²) in [5.41, 5.74) is 8.93. The molecule has 3 heteroatoms. The van der Waals surface area contributed by atoms with Gasteiger partial charge in [-0.2, -0.15) is 0 Å². The molecule has 0 unspecified atom stereocenters. The van der Waals surface area contributed by atoms with E-state index in [9.17, 15) is 4.79 Å². The largest absolute Gasteiger partial charge is 0.496 e. The highest BCUT2D eigenvalue weighted by Gasteiger charge is 2.11. The Labute approximate surface area is 113 Å². The van der Waals surface area contributed by atoms with Gasteiger partial charge in [-0.15, -0.1) is 0 Å². The maximum atomic E-state index is 12.2. The molecule has 0 heterocycles. The predicted molar refractivity (Wildman–Crippen MR) is 76.6 cm³/mol. The van der Waals surface area contributed by atoms with Crippen molar-refractivity contribution in [1.82, 2.24) is 0 Å². The van der Waals surface area contributed by atoms with Gasteiger partial charge in [0, 0.05) is 23.2 Å². The third-order valence-electron chi connectivity index (χ3n) is 3.00. The first-order valence-corrected chi connectivity index (χ1v) is 6.12. The van der Waals surface area contributed by atoms with Gasteiger partial charge in [-0.1, -0.05) is 29.8 Å². The molecule has 0 bridgehead atoms. The molecule has 2 aromatic carbocycles. The van der Waals surface area contributed by atoms with E-state index in [1.54, 1.807) is 31.4 Å². The molecule has 0 atom stereocenters. The number of nitrogen functional groups attached to an aromatic ring is 1. The Morgan fingerprint density at radius 3 is 2.68 bits per heavy atom. The molecule has 98 valence electrons. The number of methoxy groups -OCH3 is 1. The number of Topliss-reactive ketones (excluding diaryl/α,β-unsaturated/α-hetero) is 1. The number of hydrogen-bond donors (Lipinski definition) is 1. The quantitative estimate of drug-likeness (QED) is 0.675. The normalized spacial score (nSPS) is 10.2. The van der Waals surface area contributed by atoms with Crippen molar-refractivity contribution in [3.63, 3.8) is 0 Å². The van der Waals surface area contributed by atoms with Crippen LogP contribution < -0.4 is 10.5 Å². The SMILES string of the molecule is COc1ccc(C)cc1CC(=O)c1cccc(N)c1. The second-order valence-corrected chi connectivity index (χ2v) is 4.54. The average Bonchev–Trinajstić information content (AvgIpc) is 2.39. The van der Waals surface area contributed by atoms with Crippen LogP contribution in [0.3, 0.4) is 0 Å². The van der Waals surface area contributed by atoms with Crippen LogP contribution in [0.1, 0.15) is 21.5 Å². The molecule has 0 amide bonds. The Bertz CT molecular complexity index is 605. The van der Waals surface area contributed by atoms with Crippen molar-refractivity contribution in [3.8, 4) is 5.75 Å². The molecule has 19 heavy (non-hydrogen) atoms. The number of nitrogens with two attached hydrogens (primary N) is 1. The first-order chi connectivity index (χ1) is 9.10. The lowest BCUT2D eigenvalue weighted by atomic mass is 10.0. The van der Waals surface area contributed by atoms with Crippen molar-refractivity contribution in [3.05, 3.63) is 59.2 Å². The number of benzene rings is 2. The number of carbonyl (C=O) groups excluding carboxylic acids is 1. The fourth-order valence-electron chi connectivity index (χ4n) is 2.03. The molecule has 0 saturated carbocycles. The van der Waals surface area contributed by atoms with Crippen LogP contribution in [0.5, 0.6) is 5.75 Å². The van der Waals surface area contributed by atoms with E-state index in [4.69, 9.17) is 10.5 Å². The molecule has 0 spiro atoms. The van der Waals surface area contributed by atoms with Crippen LogP contribution in [0.4, 0.5) is 5.69 Å². The fraction of sp³-hybridized carbons (Fsp3) is 0.188. The summed E-state index contributed by atoms with van der Waals surface area (Å²) in [6.45, 7) is 1.99. The summed E-state index contributed by atoms with van der Waals surface area (Å²) in [6, 6.07) is 12.9. The Morgan fingerprint density at radius 2 is 2.00 bits per heavy atom. The highest BCUT2D eigenvalue weighted by molar-refractivity contribution is 5.98. The minimum absolute atomic E-state index is 0.0381. The van der Waals surface area contributed by atoms with Gasteiger partial charge < -0.3 is 10.5 Å². The van der Waals surface area contributed by atoms with Crippen molar-refractivity contribution in [1.29, 1.82) is 0 Å². The zero-order valence-electron chi connectivity index (χ0n) is 11.1. The summed E-state index contributed by atoms with van der Waals surface area (Å²) in [6.07, 6.45) is 0.314. The molecular formula is C16H17NO2. The summed E-state index contributed by atoms with van der Waals surface area (Å²) in [4.78, 5) is 12.2. The summed E-state index contributed by atoms with van der Waals surface area (Å²) >= 11 is 0. The third-order valence-corrected chi connectivity index (χ3v) is 3.00. The number of ketones is 1. The summed E-state index contributed by atoms with van der Waals surface area (Å²) in [5.74, 6) is 0.777. The molecular weight excluding hydrogens is 238 g/mol. The van der Waals surface area contributed by atoms with Crippen molar-refractivity contribution in [2.75, 3.05) is 12.8 Å². The van der Waals surface area contributed by atoms with Crippen LogP contribution in [0.2, 0.25) is 0 Å². The van der Waals surface area contributed by atoms with Crippen molar-refractivity contribution in [2.24, 2.45) is 0 Å². The van der Waals surface area contributed by atoms with Gasteiger partial charge in [-0.25, -0.2) is 0 Å². The van der Waals surface area contributed by atoms with E-state index in [2.05, 4.69) is 0 Å². The Hall–Kier alpha value is -2.29. The van der Waals surface area contributed by atoms with E-state index < -0.39 is 0 Å². The second kappa shape index (κ2) is 5.57. The first kappa shape index (κ1) is 13.1. The average molecular weight is 255 g/mol. The van der Waals surface area contributed by atoms with Gasteiger partial charge in [0.2, 0.25) is 0 Å². The third kappa shape index (κ3) is 3.13. The van der Waals surface area contributed by atoms with Crippen molar-refractivity contribution >= 4 is 11.5 Å². The van der Waals surface area contributed by atoms with Gasteiger partial charge >= 0.3 is 0 Å². The van der Waals surface area contributed by atoms with E-state index in [0.717, 1.165) is 16.9 Å². The fourth-order valence-corrected chi connectivity index (χ4v) is 2.03. The molecule has 2 N–H and O–H groups in total. The number of hydrogen-bond acceptors (Lipinski definition) is 3. The lowest BCUT2D eigenvalue weighted by molar-refractivity contribution is 0.0992. The van der Waals surface area contributed by atoms with Crippen LogP contribution >= 0.6 is 0 Å². The lowest BCUT2D eigenvalue weighted by Gasteiger charge is -2.09. The highest BCUT2D eigenvalue weighted by atomic mass is 16.5. The number of aryl methyl sites for hydroxylation is 1. The maximum absolute atomic E-state index is 12.2. The topological polar surface area (TPSA) is 52.3 Å². The van der Waals surface area contributed by atoms with Crippen LogP contribution in [0, 0.1) is 6.92 Å². The van der Waals surface area contributed by atoms with Gasteiger partial charge in [0.05, 0.1) is 7.11 Å². The summed E-state index contributed by atoms with van der Waals surface area (Å²) in [7, 11) is 1.61. The van der Waals surface area contributed by atoms with E-state index in [-0.39, 0.29) is 5.78 Å². The van der Waals surface area contributed by atoms with E-state index in [1.165, 1.54) is 0 Å². The molecule has 0 radical (unpaired) electrons. The van der Waals surface area contributed by atoms with Crippen LogP contribution in [-0.4, -0.2) is 12.9 Å². The highest BCUT2D eigenvalue weighted by Crippen LogP contribution is 2.22. The summed E-state index contributed by atoms with van der Waals surface area (Å²) < 4.78 is 5.28. The van der Waals surface area contributed by atoms with Crippen molar-refractivity contribution in [2.45, 2.75) is 13.3 Å². The van der Waals surface area contributed by atoms with Gasteiger partial charge in [-0.3, -0.25) is 4.79 Å². The number of anilines is 1. The first-order valence-electron chi connectivity index (χ1n) is 6.12. The monoisotopic (exact) mass is 255 g/mol. The van der Waals surface area contributed by atoms with Crippen molar-refractivity contribution < 1.29 is 9.53 Å². The van der Waals surface area contributed by atoms with E-state index in [1.807, 2.05) is 25.1 Å². The van der Waals surface area contributed by atoms with Gasteiger partial charge in [0.25, 0.3) is 0 Å². The zero-order valence-corrected chi connectivity index (χ0v) is 11.1. The lowest BCUT2D eigenvalue weighted by Crippen LogP contribution is -2.05. The predicted octanol–water partition coefficient (Wildman–Crippen LogP) is 3.01. The number of rotatable bonds is 4. The van der Waals surface area contributed by atoms with Gasteiger partial charge in [-0.05, 0) is 25.1 Å². The Balaban J connectivity index is 2.26. The van der Waals surface area contributed by atoms with E-state index in [0.29, 0.717) is 17.7 Å². The molecule has 0 aliphatic heterocycles. The van der Waals surface area contributed by atoms with Crippen LogP contribution in [0.25, 0.3) is 0 Å². The zero-order chi connectivity index (χ0) is 13.8. The van der Waals surface area contributed by atoms with E-state index >= 15 is 0 Å². The van der Waals surface area contributed by atoms with Crippen LogP contribution in [0.15, 0.2) is 42.5 Å².